The van der Waals surface area contributed by atoms with E-state index in [0.717, 1.165) is 0 Å². The second kappa shape index (κ2) is 3.10. The van der Waals surface area contributed by atoms with Crippen LogP contribution >= 0.6 is 15.9 Å². The molecule has 2 heterocycles. The smallest absolute Gasteiger partial charge is 0.325 e. The molecular formula is C7H8BrN3O2. The average Bonchev–Trinajstić information content (AvgIpc) is 2.58. The van der Waals surface area contributed by atoms with Crippen LogP contribution in [0.25, 0.3) is 0 Å². The number of carbonyl (C=O) groups excluding carboxylic acids is 1. The first-order chi connectivity index (χ1) is 6.16. The Morgan fingerprint density at radius 1 is 1.62 bits per heavy atom. The van der Waals surface area contributed by atoms with Gasteiger partial charge in [-0.15, -0.1) is 5.10 Å². The van der Waals surface area contributed by atoms with E-state index in [0.29, 0.717) is 24.9 Å². The van der Waals surface area contributed by atoms with E-state index in [-0.39, 0.29) is 10.7 Å². The van der Waals surface area contributed by atoms with Crippen LogP contribution in [-0.4, -0.2) is 27.5 Å². The van der Waals surface area contributed by atoms with Crippen LogP contribution in [0.5, 0.6) is 0 Å². The molecule has 0 aliphatic carbocycles. The Morgan fingerprint density at radius 3 is 2.85 bits per heavy atom. The lowest BCUT2D eigenvalue weighted by Gasteiger charge is -2.08. The van der Waals surface area contributed by atoms with Gasteiger partial charge in [0.2, 0.25) is 11.8 Å². The Hall–Kier alpha value is -0.910. The summed E-state index contributed by atoms with van der Waals surface area (Å²) in [6.07, 6.45) is 0.488. The summed E-state index contributed by atoms with van der Waals surface area (Å²) in [7, 11) is 0. The molecule has 1 aromatic rings. The van der Waals surface area contributed by atoms with Crippen LogP contribution in [0.2, 0.25) is 0 Å². The van der Waals surface area contributed by atoms with E-state index >= 15 is 0 Å². The second-order valence-electron chi connectivity index (χ2n) is 2.91. The van der Waals surface area contributed by atoms with Gasteiger partial charge in [-0.25, -0.2) is 0 Å². The van der Waals surface area contributed by atoms with Crippen LogP contribution in [0.15, 0.2) is 4.42 Å². The van der Waals surface area contributed by atoms with Crippen LogP contribution < -0.4 is 4.90 Å². The number of rotatable bonds is 1. The molecule has 0 N–H and O–H groups in total. The molecule has 0 saturated carbocycles. The number of alkyl halides is 1. The summed E-state index contributed by atoms with van der Waals surface area (Å²) in [6, 6.07) is 0.296. The fourth-order valence-electron chi connectivity index (χ4n) is 1.24. The van der Waals surface area contributed by atoms with E-state index in [2.05, 4.69) is 26.1 Å². The summed E-state index contributed by atoms with van der Waals surface area (Å²) >= 11 is 3.37. The monoisotopic (exact) mass is 245 g/mol. The number of hydrogen-bond acceptors (Lipinski definition) is 4. The van der Waals surface area contributed by atoms with E-state index < -0.39 is 0 Å². The summed E-state index contributed by atoms with van der Waals surface area (Å²) in [5.74, 6) is 0.492. The third-order valence-electron chi connectivity index (χ3n) is 1.82. The van der Waals surface area contributed by atoms with Gasteiger partial charge in [0, 0.05) is 24.7 Å². The number of carbonyl (C=O) groups is 1. The van der Waals surface area contributed by atoms with Crippen molar-refractivity contribution in [3.05, 3.63) is 5.89 Å². The number of amides is 1. The molecule has 13 heavy (non-hydrogen) atoms. The second-order valence-corrected chi connectivity index (χ2v) is 4.20. The van der Waals surface area contributed by atoms with Gasteiger partial charge < -0.3 is 4.42 Å². The van der Waals surface area contributed by atoms with Crippen molar-refractivity contribution in [2.24, 2.45) is 0 Å². The number of aromatic nitrogens is 2. The number of nitrogens with zero attached hydrogens (tertiary/aromatic N) is 3. The predicted molar refractivity (Wildman–Crippen MR) is 48.7 cm³/mol. The molecule has 5 nitrogen and oxygen atoms in total. The summed E-state index contributed by atoms with van der Waals surface area (Å²) in [5, 5.41) is 7.45. The molecule has 1 fully saturated rings. The van der Waals surface area contributed by atoms with Gasteiger partial charge in [-0.3, -0.25) is 9.69 Å². The predicted octanol–water partition coefficient (Wildman–Crippen LogP) is 0.878. The van der Waals surface area contributed by atoms with Crippen LogP contribution in [0.3, 0.4) is 0 Å². The molecule has 1 amide bonds. The Morgan fingerprint density at radius 2 is 2.38 bits per heavy atom. The highest BCUT2D eigenvalue weighted by atomic mass is 79.9. The quantitative estimate of drug-likeness (QED) is 0.690. The van der Waals surface area contributed by atoms with Crippen molar-refractivity contribution in [1.29, 1.82) is 0 Å². The first kappa shape index (κ1) is 8.68. The number of aryl methyl sites for hydroxylation is 1. The van der Waals surface area contributed by atoms with Gasteiger partial charge in [-0.05, 0) is 0 Å². The fourth-order valence-corrected chi connectivity index (χ4v) is 1.81. The zero-order chi connectivity index (χ0) is 9.42. The van der Waals surface area contributed by atoms with E-state index in [1.54, 1.807) is 6.92 Å². The third kappa shape index (κ3) is 1.58. The molecule has 1 saturated heterocycles. The zero-order valence-electron chi connectivity index (χ0n) is 7.03. The molecule has 0 spiro atoms. The maximum atomic E-state index is 11.4. The maximum Gasteiger partial charge on any atom is 0.325 e. The summed E-state index contributed by atoms with van der Waals surface area (Å²) in [5.41, 5.74) is 0. The highest BCUT2D eigenvalue weighted by Crippen LogP contribution is 2.23. The van der Waals surface area contributed by atoms with Gasteiger partial charge >= 0.3 is 6.01 Å². The lowest BCUT2D eigenvalue weighted by Crippen LogP contribution is -2.24. The average molecular weight is 246 g/mol. The zero-order valence-corrected chi connectivity index (χ0v) is 8.61. The maximum absolute atomic E-state index is 11.4. The first-order valence-electron chi connectivity index (χ1n) is 3.91. The van der Waals surface area contributed by atoms with Crippen LogP contribution in [0.1, 0.15) is 12.3 Å². The Kier molecular flexibility index (Phi) is 2.07. The molecule has 1 aliphatic rings. The normalized spacial score (nSPS) is 22.8. The number of anilines is 1. The first-order valence-corrected chi connectivity index (χ1v) is 4.83. The highest BCUT2D eigenvalue weighted by molar-refractivity contribution is 9.09. The van der Waals surface area contributed by atoms with E-state index in [9.17, 15) is 4.79 Å². The van der Waals surface area contributed by atoms with E-state index in [1.807, 2.05) is 0 Å². The van der Waals surface area contributed by atoms with Gasteiger partial charge in [0.05, 0.1) is 0 Å². The SMILES string of the molecule is Cc1nnc(N2CC(Br)CC2=O)o1. The Bertz CT molecular complexity index is 338. The van der Waals surface area contributed by atoms with Gasteiger partial charge in [0.1, 0.15) is 0 Å². The summed E-state index contributed by atoms with van der Waals surface area (Å²) < 4.78 is 5.15. The molecule has 6 heteroatoms. The molecule has 1 atom stereocenters. The highest BCUT2D eigenvalue weighted by Gasteiger charge is 2.31. The minimum atomic E-state index is 0.0190. The van der Waals surface area contributed by atoms with Crippen LogP contribution in [-0.2, 0) is 4.79 Å². The molecule has 1 unspecified atom stereocenters. The minimum absolute atomic E-state index is 0.0190. The van der Waals surface area contributed by atoms with E-state index in [1.165, 1.54) is 4.90 Å². The lowest BCUT2D eigenvalue weighted by molar-refractivity contribution is -0.117. The molecule has 2 rings (SSSR count). The Balaban J connectivity index is 2.22. The molecule has 0 radical (unpaired) electrons. The molecule has 1 aromatic heterocycles. The van der Waals surface area contributed by atoms with Crippen LogP contribution in [0.4, 0.5) is 6.01 Å². The van der Waals surface area contributed by atoms with Gasteiger partial charge in [0.25, 0.3) is 0 Å². The molecule has 70 valence electrons. The van der Waals surface area contributed by atoms with Crippen molar-refractivity contribution in [2.45, 2.75) is 18.2 Å². The van der Waals surface area contributed by atoms with Crippen molar-refractivity contribution < 1.29 is 9.21 Å². The van der Waals surface area contributed by atoms with Gasteiger partial charge in [-0.2, -0.15) is 0 Å². The standard InChI is InChI=1S/C7H8BrN3O2/c1-4-9-10-7(13-4)11-3-5(8)2-6(11)12/h5H,2-3H2,1H3. The fraction of sp³-hybridized carbons (Fsp3) is 0.571. The third-order valence-corrected chi connectivity index (χ3v) is 2.44. The van der Waals surface area contributed by atoms with Crippen molar-refractivity contribution >= 4 is 27.9 Å². The minimum Gasteiger partial charge on any atom is -0.408 e. The summed E-state index contributed by atoms with van der Waals surface area (Å²) in [4.78, 5) is 13.0. The van der Waals surface area contributed by atoms with Crippen molar-refractivity contribution in [3.8, 4) is 0 Å². The van der Waals surface area contributed by atoms with Crippen molar-refractivity contribution in [1.82, 2.24) is 10.2 Å². The molecule has 0 aromatic carbocycles. The molecule has 1 aliphatic heterocycles. The molecular weight excluding hydrogens is 238 g/mol. The van der Waals surface area contributed by atoms with Crippen molar-refractivity contribution in [3.63, 3.8) is 0 Å². The van der Waals surface area contributed by atoms with Crippen molar-refractivity contribution in [2.75, 3.05) is 11.4 Å². The largest absolute Gasteiger partial charge is 0.408 e. The Labute approximate surface area is 83.2 Å². The number of halogens is 1. The topological polar surface area (TPSA) is 59.2 Å². The summed E-state index contributed by atoms with van der Waals surface area (Å²) in [6.45, 7) is 2.29. The lowest BCUT2D eigenvalue weighted by atomic mass is 10.4. The van der Waals surface area contributed by atoms with Gasteiger partial charge in [-0.1, -0.05) is 21.0 Å². The van der Waals surface area contributed by atoms with Gasteiger partial charge in [0.15, 0.2) is 0 Å². The number of hydrogen-bond donors (Lipinski definition) is 0. The van der Waals surface area contributed by atoms with Crippen LogP contribution in [0, 0.1) is 6.92 Å². The van der Waals surface area contributed by atoms with E-state index in [4.69, 9.17) is 4.42 Å². The molecule has 0 bridgehead atoms.